The summed E-state index contributed by atoms with van der Waals surface area (Å²) in [5.41, 5.74) is 3.02. The molecule has 25 heavy (non-hydrogen) atoms. The zero-order chi connectivity index (χ0) is 17.2. The molecule has 0 atom stereocenters. The number of likely N-dealkylation sites (tertiary alicyclic amines) is 1. The van der Waals surface area contributed by atoms with E-state index in [9.17, 15) is 4.79 Å². The number of carbonyl (C=O) groups excluding carboxylic acids is 1. The van der Waals surface area contributed by atoms with Crippen molar-refractivity contribution in [1.29, 1.82) is 0 Å². The molecule has 0 radical (unpaired) electrons. The normalized spacial score (nSPS) is 14.0. The van der Waals surface area contributed by atoms with Crippen molar-refractivity contribution in [2.24, 2.45) is 0 Å². The molecule has 1 aliphatic rings. The summed E-state index contributed by atoms with van der Waals surface area (Å²) in [4.78, 5) is 14.1. The molecule has 2 N–H and O–H groups in total. The minimum atomic E-state index is -0.0808. The number of urea groups is 1. The van der Waals surface area contributed by atoms with E-state index in [-0.39, 0.29) is 6.03 Å². The zero-order valence-electron chi connectivity index (χ0n) is 14.1. The number of hydrogen-bond donors (Lipinski definition) is 2. The van der Waals surface area contributed by atoms with Crippen LogP contribution in [0.15, 0.2) is 42.5 Å². The maximum Gasteiger partial charge on any atom is 0.323 e. The van der Waals surface area contributed by atoms with Gasteiger partial charge in [0.05, 0.1) is 12.6 Å². The van der Waals surface area contributed by atoms with Crippen LogP contribution >= 0.6 is 0 Å². The Morgan fingerprint density at radius 3 is 2.76 bits per heavy atom. The first kappa shape index (κ1) is 15.5. The lowest BCUT2D eigenvalue weighted by Gasteiger charge is -2.14. The van der Waals surface area contributed by atoms with E-state index >= 15 is 0 Å². The van der Waals surface area contributed by atoms with Gasteiger partial charge < -0.3 is 9.64 Å². The number of fused-ring (bicyclic) bond motifs is 1. The van der Waals surface area contributed by atoms with Crippen LogP contribution in [0.2, 0.25) is 0 Å². The van der Waals surface area contributed by atoms with Crippen molar-refractivity contribution in [2.45, 2.75) is 12.8 Å². The zero-order valence-corrected chi connectivity index (χ0v) is 14.1. The molecule has 1 saturated heterocycles. The molecule has 0 unspecified atom stereocenters. The second-order valence-electron chi connectivity index (χ2n) is 6.19. The number of H-pyrrole nitrogens is 1. The molecule has 1 aliphatic heterocycles. The molecule has 1 fully saturated rings. The van der Waals surface area contributed by atoms with Crippen LogP contribution in [0.5, 0.6) is 5.75 Å². The first-order chi connectivity index (χ1) is 12.2. The summed E-state index contributed by atoms with van der Waals surface area (Å²) in [5, 5.41) is 11.1. The monoisotopic (exact) mass is 336 g/mol. The number of methoxy groups -OCH3 is 1. The number of anilines is 1. The van der Waals surface area contributed by atoms with Gasteiger partial charge in [-0.3, -0.25) is 10.4 Å². The largest absolute Gasteiger partial charge is 0.497 e. The van der Waals surface area contributed by atoms with Crippen LogP contribution in [0.4, 0.5) is 10.6 Å². The second-order valence-corrected chi connectivity index (χ2v) is 6.19. The highest BCUT2D eigenvalue weighted by Crippen LogP contribution is 2.29. The van der Waals surface area contributed by atoms with E-state index in [1.165, 1.54) is 0 Å². The predicted octanol–water partition coefficient (Wildman–Crippen LogP) is 3.87. The molecule has 2 aromatic carbocycles. The summed E-state index contributed by atoms with van der Waals surface area (Å²) in [6, 6.07) is 13.9. The molecule has 0 spiro atoms. The number of ether oxygens (including phenoxy) is 1. The van der Waals surface area contributed by atoms with E-state index in [0.717, 1.165) is 53.7 Å². The average Bonchev–Trinajstić information content (AvgIpc) is 3.32. The van der Waals surface area contributed by atoms with Crippen LogP contribution in [0.3, 0.4) is 0 Å². The lowest BCUT2D eigenvalue weighted by molar-refractivity contribution is 0.222. The summed E-state index contributed by atoms with van der Waals surface area (Å²) >= 11 is 0. The Hall–Kier alpha value is -3.02. The van der Waals surface area contributed by atoms with E-state index in [0.29, 0.717) is 5.82 Å². The summed E-state index contributed by atoms with van der Waals surface area (Å²) in [5.74, 6) is 1.39. The van der Waals surface area contributed by atoms with Crippen LogP contribution in [0.25, 0.3) is 22.0 Å². The third-order valence-corrected chi connectivity index (χ3v) is 4.58. The molecule has 2 amide bonds. The summed E-state index contributed by atoms with van der Waals surface area (Å²) in [6.45, 7) is 1.63. The first-order valence-corrected chi connectivity index (χ1v) is 8.43. The van der Waals surface area contributed by atoms with Crippen molar-refractivity contribution in [1.82, 2.24) is 15.1 Å². The van der Waals surface area contributed by atoms with Crippen molar-refractivity contribution in [3.63, 3.8) is 0 Å². The van der Waals surface area contributed by atoms with Gasteiger partial charge in [-0.05, 0) is 48.2 Å². The van der Waals surface area contributed by atoms with Crippen LogP contribution in [-0.2, 0) is 0 Å². The standard InChI is InChI=1S/C19H20N4O2/c1-25-15-6-4-5-13(11-15)14-7-8-16-17(12-14)21-22-18(16)20-19(24)23-9-2-3-10-23/h4-8,11-12H,2-3,9-10H2,1H3,(H2,20,21,22,24). The molecule has 0 bridgehead atoms. The van der Waals surface area contributed by atoms with E-state index in [1.54, 1.807) is 7.11 Å². The highest BCUT2D eigenvalue weighted by atomic mass is 16.5. The smallest absolute Gasteiger partial charge is 0.323 e. The number of hydrogen-bond acceptors (Lipinski definition) is 3. The molecule has 1 aromatic heterocycles. The molecule has 0 saturated carbocycles. The maximum atomic E-state index is 12.3. The molecule has 3 aromatic rings. The van der Waals surface area contributed by atoms with Crippen molar-refractivity contribution >= 4 is 22.8 Å². The number of amides is 2. The maximum absolute atomic E-state index is 12.3. The van der Waals surface area contributed by atoms with Crippen molar-refractivity contribution in [3.8, 4) is 16.9 Å². The van der Waals surface area contributed by atoms with Crippen molar-refractivity contribution in [2.75, 3.05) is 25.5 Å². The number of aromatic amines is 1. The summed E-state index contributed by atoms with van der Waals surface area (Å²) < 4.78 is 5.29. The second kappa shape index (κ2) is 6.47. The molecular formula is C19H20N4O2. The third kappa shape index (κ3) is 3.03. The Bertz CT molecular complexity index is 913. The Balaban J connectivity index is 1.61. The van der Waals surface area contributed by atoms with Crippen LogP contribution < -0.4 is 10.1 Å². The highest BCUT2D eigenvalue weighted by Gasteiger charge is 2.19. The third-order valence-electron chi connectivity index (χ3n) is 4.58. The van der Waals surface area contributed by atoms with Gasteiger partial charge >= 0.3 is 6.03 Å². The Morgan fingerprint density at radius 2 is 1.96 bits per heavy atom. The molecule has 128 valence electrons. The number of carbonyl (C=O) groups is 1. The van der Waals surface area contributed by atoms with Gasteiger partial charge in [-0.25, -0.2) is 4.79 Å². The molecule has 6 nitrogen and oxygen atoms in total. The fourth-order valence-corrected chi connectivity index (χ4v) is 3.20. The quantitative estimate of drug-likeness (QED) is 0.763. The topological polar surface area (TPSA) is 70.2 Å². The van der Waals surface area contributed by atoms with Gasteiger partial charge in [0.2, 0.25) is 0 Å². The molecule has 4 rings (SSSR count). The Kier molecular flexibility index (Phi) is 4.01. The fourth-order valence-electron chi connectivity index (χ4n) is 3.20. The highest BCUT2D eigenvalue weighted by molar-refractivity contribution is 6.00. The molecular weight excluding hydrogens is 316 g/mol. The van der Waals surface area contributed by atoms with Gasteiger partial charge in [-0.1, -0.05) is 18.2 Å². The summed E-state index contributed by atoms with van der Waals surface area (Å²) in [6.07, 6.45) is 2.14. The number of benzene rings is 2. The van der Waals surface area contributed by atoms with Gasteiger partial charge in [0.25, 0.3) is 0 Å². The number of aromatic nitrogens is 2. The van der Waals surface area contributed by atoms with Gasteiger partial charge in [0.1, 0.15) is 5.75 Å². The number of nitrogens with zero attached hydrogens (tertiary/aromatic N) is 2. The van der Waals surface area contributed by atoms with E-state index in [4.69, 9.17) is 4.74 Å². The summed E-state index contributed by atoms with van der Waals surface area (Å²) in [7, 11) is 1.66. The lowest BCUT2D eigenvalue weighted by atomic mass is 10.0. The van der Waals surface area contributed by atoms with Crippen LogP contribution in [-0.4, -0.2) is 41.3 Å². The Morgan fingerprint density at radius 1 is 1.16 bits per heavy atom. The van der Waals surface area contributed by atoms with Crippen molar-refractivity contribution < 1.29 is 9.53 Å². The van der Waals surface area contributed by atoms with Gasteiger partial charge in [-0.2, -0.15) is 5.10 Å². The van der Waals surface area contributed by atoms with Gasteiger partial charge in [0, 0.05) is 18.5 Å². The lowest BCUT2D eigenvalue weighted by Crippen LogP contribution is -2.32. The van der Waals surface area contributed by atoms with E-state index in [1.807, 2.05) is 47.4 Å². The number of nitrogens with one attached hydrogen (secondary N) is 2. The minimum absolute atomic E-state index is 0.0808. The van der Waals surface area contributed by atoms with Crippen molar-refractivity contribution in [3.05, 3.63) is 42.5 Å². The fraction of sp³-hybridized carbons (Fsp3) is 0.263. The van der Waals surface area contributed by atoms with Gasteiger partial charge in [0.15, 0.2) is 5.82 Å². The number of rotatable bonds is 3. The van der Waals surface area contributed by atoms with Crippen LogP contribution in [0, 0.1) is 0 Å². The molecule has 6 heteroatoms. The Labute approximate surface area is 145 Å². The SMILES string of the molecule is COc1cccc(-c2ccc3c(NC(=O)N4CCCC4)n[nH]c3c2)c1. The average molecular weight is 336 g/mol. The molecule has 0 aliphatic carbocycles. The first-order valence-electron chi connectivity index (χ1n) is 8.43. The predicted molar refractivity (Wildman–Crippen MR) is 97.9 cm³/mol. The van der Waals surface area contributed by atoms with Crippen LogP contribution in [0.1, 0.15) is 12.8 Å². The molecule has 2 heterocycles. The van der Waals surface area contributed by atoms with Gasteiger partial charge in [-0.15, -0.1) is 0 Å². The minimum Gasteiger partial charge on any atom is -0.497 e. The van der Waals surface area contributed by atoms with E-state index in [2.05, 4.69) is 15.5 Å². The van der Waals surface area contributed by atoms with E-state index < -0.39 is 0 Å².